The molecule has 21 heavy (non-hydrogen) atoms. The SMILES string of the molecule is C/C=C/CCNCc1cc(Cl)c(OCC(N)=O)c(OC)c1. The van der Waals surface area contributed by atoms with Gasteiger partial charge in [-0.05, 0) is 37.6 Å². The number of hydrogen-bond donors (Lipinski definition) is 2. The van der Waals surface area contributed by atoms with Gasteiger partial charge in [-0.25, -0.2) is 0 Å². The highest BCUT2D eigenvalue weighted by Crippen LogP contribution is 2.36. The van der Waals surface area contributed by atoms with E-state index in [0.717, 1.165) is 18.5 Å². The number of carbonyl (C=O) groups is 1. The number of amides is 1. The fourth-order valence-electron chi connectivity index (χ4n) is 1.74. The van der Waals surface area contributed by atoms with Crippen LogP contribution in [0, 0.1) is 0 Å². The molecule has 1 amide bonds. The summed E-state index contributed by atoms with van der Waals surface area (Å²) in [6.07, 6.45) is 5.09. The number of carbonyl (C=O) groups excluding carboxylic acids is 1. The number of rotatable bonds is 9. The Morgan fingerprint density at radius 2 is 2.24 bits per heavy atom. The number of nitrogens with one attached hydrogen (secondary N) is 1. The Labute approximate surface area is 130 Å². The zero-order valence-electron chi connectivity index (χ0n) is 12.3. The first-order valence-corrected chi connectivity index (χ1v) is 7.05. The molecule has 0 spiro atoms. The number of primary amides is 1. The van der Waals surface area contributed by atoms with Gasteiger partial charge in [-0.15, -0.1) is 0 Å². The maximum absolute atomic E-state index is 10.8. The van der Waals surface area contributed by atoms with Crippen molar-refractivity contribution in [1.82, 2.24) is 5.32 Å². The first kappa shape index (κ1) is 17.3. The van der Waals surface area contributed by atoms with Crippen LogP contribution in [0.15, 0.2) is 24.3 Å². The van der Waals surface area contributed by atoms with Crippen LogP contribution in [0.5, 0.6) is 11.5 Å². The Kier molecular flexibility index (Phi) is 7.64. The quantitative estimate of drug-likeness (QED) is 0.542. The first-order valence-electron chi connectivity index (χ1n) is 6.67. The van der Waals surface area contributed by atoms with Crippen molar-refractivity contribution in [3.05, 3.63) is 34.9 Å². The molecule has 0 unspecified atom stereocenters. The number of allylic oxidation sites excluding steroid dienone is 1. The summed E-state index contributed by atoms with van der Waals surface area (Å²) in [6, 6.07) is 3.61. The highest BCUT2D eigenvalue weighted by Gasteiger charge is 2.12. The van der Waals surface area contributed by atoms with E-state index in [4.69, 9.17) is 26.8 Å². The monoisotopic (exact) mass is 312 g/mol. The normalized spacial score (nSPS) is 10.8. The number of hydrogen-bond acceptors (Lipinski definition) is 4. The lowest BCUT2D eigenvalue weighted by Crippen LogP contribution is -2.20. The molecule has 0 fully saturated rings. The van der Waals surface area contributed by atoms with Gasteiger partial charge < -0.3 is 20.5 Å². The Morgan fingerprint density at radius 1 is 1.48 bits per heavy atom. The summed E-state index contributed by atoms with van der Waals surface area (Å²) in [5.74, 6) is 0.243. The third-order valence-electron chi connectivity index (χ3n) is 2.70. The number of benzene rings is 1. The molecule has 5 nitrogen and oxygen atoms in total. The van der Waals surface area contributed by atoms with Gasteiger partial charge in [-0.3, -0.25) is 4.79 Å². The van der Waals surface area contributed by atoms with Gasteiger partial charge in [0, 0.05) is 6.54 Å². The molecule has 3 N–H and O–H groups in total. The lowest BCUT2D eigenvalue weighted by Gasteiger charge is -2.13. The Bertz CT molecular complexity index is 504. The molecule has 0 heterocycles. The van der Waals surface area contributed by atoms with E-state index in [9.17, 15) is 4.79 Å². The molecule has 1 aromatic rings. The fourth-order valence-corrected chi connectivity index (χ4v) is 2.03. The van der Waals surface area contributed by atoms with Crippen LogP contribution >= 0.6 is 11.6 Å². The summed E-state index contributed by atoms with van der Waals surface area (Å²) < 4.78 is 10.5. The van der Waals surface area contributed by atoms with Crippen molar-refractivity contribution in [2.24, 2.45) is 5.73 Å². The van der Waals surface area contributed by atoms with Crippen LogP contribution in [0.3, 0.4) is 0 Å². The Hall–Kier alpha value is -1.72. The van der Waals surface area contributed by atoms with Gasteiger partial charge in [0.15, 0.2) is 18.1 Å². The summed E-state index contributed by atoms with van der Waals surface area (Å²) in [5, 5.41) is 3.69. The van der Waals surface area contributed by atoms with Crippen LogP contribution in [0.1, 0.15) is 18.9 Å². The second kappa shape index (κ2) is 9.26. The molecule has 0 atom stereocenters. The van der Waals surface area contributed by atoms with Crippen molar-refractivity contribution in [1.29, 1.82) is 0 Å². The smallest absolute Gasteiger partial charge is 0.255 e. The van der Waals surface area contributed by atoms with Crippen LogP contribution in [0.25, 0.3) is 0 Å². The van der Waals surface area contributed by atoms with Gasteiger partial charge in [0.05, 0.1) is 12.1 Å². The van der Waals surface area contributed by atoms with Crippen LogP contribution in [-0.2, 0) is 11.3 Å². The minimum absolute atomic E-state index is 0.239. The highest BCUT2D eigenvalue weighted by atomic mass is 35.5. The molecule has 0 saturated carbocycles. The molecular formula is C15H21ClN2O3. The van der Waals surface area contributed by atoms with Gasteiger partial charge in [0.1, 0.15) is 0 Å². The molecule has 0 aromatic heterocycles. The summed E-state index contributed by atoms with van der Waals surface area (Å²) >= 11 is 6.16. The predicted octanol–water partition coefficient (Wildman–Crippen LogP) is 2.27. The largest absolute Gasteiger partial charge is 0.493 e. The molecular weight excluding hydrogens is 292 g/mol. The molecule has 1 rings (SSSR count). The predicted molar refractivity (Wildman–Crippen MR) is 83.8 cm³/mol. The van der Waals surface area contributed by atoms with E-state index in [2.05, 4.69) is 11.4 Å². The number of halogens is 1. The van der Waals surface area contributed by atoms with E-state index in [1.165, 1.54) is 7.11 Å². The second-order valence-electron chi connectivity index (χ2n) is 4.40. The second-order valence-corrected chi connectivity index (χ2v) is 4.81. The third kappa shape index (κ3) is 6.06. The van der Waals surface area contributed by atoms with E-state index < -0.39 is 5.91 Å². The van der Waals surface area contributed by atoms with E-state index in [0.29, 0.717) is 23.1 Å². The van der Waals surface area contributed by atoms with Crippen LogP contribution in [-0.4, -0.2) is 26.2 Å². The Balaban J connectivity index is 2.71. The number of ether oxygens (including phenoxy) is 2. The zero-order valence-corrected chi connectivity index (χ0v) is 13.1. The summed E-state index contributed by atoms with van der Waals surface area (Å²) in [5.41, 5.74) is 6.03. The summed E-state index contributed by atoms with van der Waals surface area (Å²) in [6.45, 7) is 3.31. The van der Waals surface area contributed by atoms with Gasteiger partial charge in [0.25, 0.3) is 5.91 Å². The number of methoxy groups -OCH3 is 1. The molecule has 0 saturated heterocycles. The van der Waals surface area contributed by atoms with Crippen molar-refractivity contribution >= 4 is 17.5 Å². The lowest BCUT2D eigenvalue weighted by molar-refractivity contribution is -0.119. The average molecular weight is 313 g/mol. The molecule has 116 valence electrons. The average Bonchev–Trinajstić information content (AvgIpc) is 2.45. The maximum Gasteiger partial charge on any atom is 0.255 e. The van der Waals surface area contributed by atoms with E-state index >= 15 is 0 Å². The lowest BCUT2D eigenvalue weighted by atomic mass is 10.2. The van der Waals surface area contributed by atoms with Crippen LogP contribution < -0.4 is 20.5 Å². The van der Waals surface area contributed by atoms with E-state index in [1.54, 1.807) is 6.07 Å². The zero-order chi connectivity index (χ0) is 15.7. The molecule has 6 heteroatoms. The van der Waals surface area contributed by atoms with Crippen molar-refractivity contribution in [3.8, 4) is 11.5 Å². The summed E-state index contributed by atoms with van der Waals surface area (Å²) in [4.78, 5) is 10.8. The Morgan fingerprint density at radius 3 is 2.86 bits per heavy atom. The maximum atomic E-state index is 10.8. The van der Waals surface area contributed by atoms with Crippen LogP contribution in [0.4, 0.5) is 0 Å². The standard InChI is InChI=1S/C15H21ClN2O3/c1-3-4-5-6-18-9-11-7-12(16)15(13(8-11)20-2)21-10-14(17)19/h3-4,7-8,18H,5-6,9-10H2,1-2H3,(H2,17,19)/b4-3+. The van der Waals surface area contributed by atoms with Gasteiger partial charge in [-0.1, -0.05) is 23.8 Å². The molecule has 0 bridgehead atoms. The highest BCUT2D eigenvalue weighted by molar-refractivity contribution is 6.32. The molecule has 0 aliphatic rings. The van der Waals surface area contributed by atoms with Gasteiger partial charge in [0.2, 0.25) is 0 Å². The third-order valence-corrected chi connectivity index (χ3v) is 2.98. The minimum atomic E-state index is -0.567. The first-order chi connectivity index (χ1) is 10.1. The van der Waals surface area contributed by atoms with Crippen molar-refractivity contribution < 1.29 is 14.3 Å². The van der Waals surface area contributed by atoms with Crippen molar-refractivity contribution in [3.63, 3.8) is 0 Å². The molecule has 0 aliphatic carbocycles. The van der Waals surface area contributed by atoms with E-state index in [-0.39, 0.29) is 6.61 Å². The van der Waals surface area contributed by atoms with Crippen molar-refractivity contribution in [2.45, 2.75) is 19.9 Å². The minimum Gasteiger partial charge on any atom is -0.493 e. The molecule has 0 aliphatic heterocycles. The van der Waals surface area contributed by atoms with Crippen molar-refractivity contribution in [2.75, 3.05) is 20.3 Å². The topological polar surface area (TPSA) is 73.6 Å². The number of nitrogens with two attached hydrogens (primary N) is 1. The molecule has 0 radical (unpaired) electrons. The molecule has 1 aromatic carbocycles. The van der Waals surface area contributed by atoms with Crippen LogP contribution in [0.2, 0.25) is 5.02 Å². The fraction of sp³-hybridized carbons (Fsp3) is 0.400. The van der Waals surface area contributed by atoms with Gasteiger partial charge in [-0.2, -0.15) is 0 Å². The summed E-state index contributed by atoms with van der Waals surface area (Å²) in [7, 11) is 1.52. The van der Waals surface area contributed by atoms with Gasteiger partial charge >= 0.3 is 0 Å². The van der Waals surface area contributed by atoms with E-state index in [1.807, 2.05) is 19.1 Å².